The molecule has 0 atom stereocenters. The van der Waals surface area contributed by atoms with Crippen molar-refractivity contribution in [2.75, 3.05) is 13.1 Å². The number of H-pyrrole nitrogens is 1. The number of hydrogen-bond acceptors (Lipinski definition) is 4. The lowest BCUT2D eigenvalue weighted by molar-refractivity contribution is 0.427. The number of nitrogens with zero attached hydrogens (tertiary/aromatic N) is 2. The first-order valence-corrected chi connectivity index (χ1v) is 8.74. The van der Waals surface area contributed by atoms with E-state index in [2.05, 4.69) is 21.4 Å². The Morgan fingerprint density at radius 2 is 2.19 bits per heavy atom. The predicted molar refractivity (Wildman–Crippen MR) is 78.8 cm³/mol. The Labute approximate surface area is 125 Å². The molecular weight excluding hydrogens is 288 g/mol. The third-order valence-electron chi connectivity index (χ3n) is 3.86. The third kappa shape index (κ3) is 3.46. The number of hydrogen-bond donors (Lipinski definition) is 2. The molecular formula is C14H20N4O2S. The highest BCUT2D eigenvalue weighted by atomic mass is 32.2. The number of aromatic nitrogens is 2. The van der Waals surface area contributed by atoms with Crippen LogP contribution >= 0.6 is 0 Å². The number of sulfonamides is 1. The molecule has 114 valence electrons. The molecule has 1 aromatic rings. The smallest absolute Gasteiger partial charge is 0.261 e. The van der Waals surface area contributed by atoms with Gasteiger partial charge in [0.25, 0.3) is 10.0 Å². The first-order valence-electron chi connectivity index (χ1n) is 7.30. The minimum Gasteiger partial charge on any atom is -0.310 e. The van der Waals surface area contributed by atoms with E-state index >= 15 is 0 Å². The maximum Gasteiger partial charge on any atom is 0.261 e. The maximum atomic E-state index is 12.8. The number of rotatable bonds is 8. The van der Waals surface area contributed by atoms with Gasteiger partial charge in [0.2, 0.25) is 0 Å². The Kier molecular flexibility index (Phi) is 4.02. The largest absolute Gasteiger partial charge is 0.310 e. The second-order valence-corrected chi connectivity index (χ2v) is 7.70. The quantitative estimate of drug-likeness (QED) is 0.693. The Morgan fingerprint density at radius 1 is 1.43 bits per heavy atom. The lowest BCUT2D eigenvalue weighted by atomic mass is 10.3. The summed E-state index contributed by atoms with van der Waals surface area (Å²) in [6.45, 7) is 1.12. The van der Waals surface area contributed by atoms with E-state index in [9.17, 15) is 8.42 Å². The summed E-state index contributed by atoms with van der Waals surface area (Å²) in [4.78, 5) is 0. The second-order valence-electron chi connectivity index (χ2n) is 5.82. The van der Waals surface area contributed by atoms with Gasteiger partial charge in [-0.1, -0.05) is 5.92 Å². The molecule has 0 saturated heterocycles. The van der Waals surface area contributed by atoms with Crippen molar-refractivity contribution in [2.24, 2.45) is 5.92 Å². The van der Waals surface area contributed by atoms with Crippen LogP contribution in [0, 0.1) is 18.3 Å². The van der Waals surface area contributed by atoms with Gasteiger partial charge in [0.15, 0.2) is 5.03 Å². The molecule has 2 N–H and O–H groups in total. The highest BCUT2D eigenvalue weighted by molar-refractivity contribution is 7.89. The molecule has 0 bridgehead atoms. The maximum absolute atomic E-state index is 12.8. The molecule has 2 aliphatic rings. The molecule has 0 unspecified atom stereocenters. The number of nitrogens with one attached hydrogen (secondary N) is 2. The Hall–Kier alpha value is -1.36. The zero-order chi connectivity index (χ0) is 14.9. The van der Waals surface area contributed by atoms with Gasteiger partial charge >= 0.3 is 0 Å². The normalized spacial score (nSPS) is 18.9. The van der Waals surface area contributed by atoms with Gasteiger partial charge in [-0.25, -0.2) is 8.42 Å². The molecule has 1 aromatic heterocycles. The molecule has 0 amide bonds. The monoisotopic (exact) mass is 308 g/mol. The summed E-state index contributed by atoms with van der Waals surface area (Å²) in [5, 5.41) is 10.0. The van der Waals surface area contributed by atoms with Crippen LogP contribution < -0.4 is 5.32 Å². The summed E-state index contributed by atoms with van der Waals surface area (Å²) in [6.07, 6.45) is 11.4. The van der Waals surface area contributed by atoms with Gasteiger partial charge in [-0.3, -0.25) is 5.10 Å². The summed E-state index contributed by atoms with van der Waals surface area (Å²) in [5.41, 5.74) is 0.680. The molecule has 21 heavy (non-hydrogen) atoms. The molecule has 2 aliphatic carbocycles. The highest BCUT2D eigenvalue weighted by Gasteiger charge is 2.33. The zero-order valence-electron chi connectivity index (χ0n) is 11.9. The molecule has 0 aliphatic heterocycles. The van der Waals surface area contributed by atoms with Crippen LogP contribution in [0.4, 0.5) is 0 Å². The van der Waals surface area contributed by atoms with Gasteiger partial charge in [-0.15, -0.1) is 6.42 Å². The van der Waals surface area contributed by atoms with E-state index in [1.165, 1.54) is 4.31 Å². The fraction of sp³-hybridized carbons (Fsp3) is 0.643. The molecule has 0 radical (unpaired) electrons. The molecule has 1 heterocycles. The van der Waals surface area contributed by atoms with E-state index in [-0.39, 0.29) is 11.6 Å². The first kappa shape index (κ1) is 14.6. The van der Waals surface area contributed by atoms with Crippen LogP contribution in [-0.4, -0.2) is 42.1 Å². The fourth-order valence-electron chi connectivity index (χ4n) is 2.26. The number of aromatic amines is 1. The minimum absolute atomic E-state index is 0.105. The average Bonchev–Trinajstić information content (AvgIpc) is 3.37. The molecule has 2 saturated carbocycles. The Bertz CT molecular complexity index is 638. The fourth-order valence-corrected chi connectivity index (χ4v) is 3.79. The van der Waals surface area contributed by atoms with Crippen molar-refractivity contribution in [1.29, 1.82) is 0 Å². The van der Waals surface area contributed by atoms with Crippen LogP contribution in [0.3, 0.4) is 0 Å². The number of terminal acetylenes is 1. The van der Waals surface area contributed by atoms with Gasteiger partial charge in [0.05, 0.1) is 12.7 Å². The molecule has 0 aromatic carbocycles. The third-order valence-corrected chi connectivity index (χ3v) is 5.69. The van der Waals surface area contributed by atoms with E-state index in [0.29, 0.717) is 30.6 Å². The van der Waals surface area contributed by atoms with Gasteiger partial charge < -0.3 is 5.32 Å². The van der Waals surface area contributed by atoms with Crippen molar-refractivity contribution in [2.45, 2.75) is 43.3 Å². The van der Waals surface area contributed by atoms with Crippen molar-refractivity contribution in [3.63, 3.8) is 0 Å². The van der Waals surface area contributed by atoms with Crippen molar-refractivity contribution < 1.29 is 8.42 Å². The predicted octanol–water partition coefficient (Wildman–Crippen LogP) is 0.696. The summed E-state index contributed by atoms with van der Waals surface area (Å²) in [6, 6.07) is 0.517. The lowest BCUT2D eigenvalue weighted by Gasteiger charge is -2.19. The lowest BCUT2D eigenvalue weighted by Crippen LogP contribution is -2.34. The Balaban J connectivity index is 1.78. The van der Waals surface area contributed by atoms with Crippen LogP contribution in [0.25, 0.3) is 0 Å². The van der Waals surface area contributed by atoms with Gasteiger partial charge in [-0.2, -0.15) is 9.40 Å². The minimum atomic E-state index is -3.60. The van der Waals surface area contributed by atoms with Crippen LogP contribution in [0.1, 0.15) is 31.2 Å². The summed E-state index contributed by atoms with van der Waals surface area (Å²) < 4.78 is 26.9. The highest BCUT2D eigenvalue weighted by Crippen LogP contribution is 2.31. The van der Waals surface area contributed by atoms with E-state index in [0.717, 1.165) is 25.7 Å². The van der Waals surface area contributed by atoms with Crippen molar-refractivity contribution in [1.82, 2.24) is 19.8 Å². The van der Waals surface area contributed by atoms with E-state index in [1.54, 1.807) is 6.20 Å². The van der Waals surface area contributed by atoms with Gasteiger partial charge in [-0.05, 0) is 31.6 Å². The standard InChI is InChI=1S/C14H20N4O2S/c1-2-7-18(10-11-3-4-11)21(19,20)14-12(9-16-17-14)8-15-13-5-6-13/h1,9,11,13,15H,3-8,10H2,(H,16,17). The van der Waals surface area contributed by atoms with Crippen LogP contribution in [0.2, 0.25) is 0 Å². The van der Waals surface area contributed by atoms with Crippen LogP contribution in [-0.2, 0) is 16.6 Å². The van der Waals surface area contributed by atoms with Gasteiger partial charge in [0, 0.05) is 24.7 Å². The molecule has 0 spiro atoms. The van der Waals surface area contributed by atoms with Crippen molar-refractivity contribution in [3.8, 4) is 12.3 Å². The van der Waals surface area contributed by atoms with Crippen LogP contribution in [0.15, 0.2) is 11.2 Å². The van der Waals surface area contributed by atoms with Crippen molar-refractivity contribution in [3.05, 3.63) is 11.8 Å². The second kappa shape index (κ2) is 5.79. The molecule has 6 nitrogen and oxygen atoms in total. The Morgan fingerprint density at radius 3 is 2.81 bits per heavy atom. The van der Waals surface area contributed by atoms with Gasteiger partial charge in [0.1, 0.15) is 0 Å². The molecule has 7 heteroatoms. The topological polar surface area (TPSA) is 78.1 Å². The van der Waals surface area contributed by atoms with Crippen molar-refractivity contribution >= 4 is 10.0 Å². The first-order chi connectivity index (χ1) is 10.1. The molecule has 3 rings (SSSR count). The molecule has 2 fully saturated rings. The SMILES string of the molecule is C#CCN(CC1CC1)S(=O)(=O)c1[nH]ncc1CNC1CC1. The van der Waals surface area contributed by atoms with E-state index < -0.39 is 10.0 Å². The van der Waals surface area contributed by atoms with E-state index in [4.69, 9.17) is 6.42 Å². The summed E-state index contributed by atoms with van der Waals surface area (Å²) in [7, 11) is -3.60. The van der Waals surface area contributed by atoms with Crippen LogP contribution in [0.5, 0.6) is 0 Å². The summed E-state index contributed by atoms with van der Waals surface area (Å²) in [5.74, 6) is 2.89. The zero-order valence-corrected chi connectivity index (χ0v) is 12.7. The van der Waals surface area contributed by atoms with E-state index in [1.807, 2.05) is 0 Å². The average molecular weight is 308 g/mol. The summed E-state index contributed by atoms with van der Waals surface area (Å²) >= 11 is 0.